The van der Waals surface area contributed by atoms with E-state index in [-0.39, 0.29) is 11.4 Å². The van der Waals surface area contributed by atoms with Crippen molar-refractivity contribution >= 4 is 0 Å². The number of nitrogens with zero attached hydrogens (tertiary/aromatic N) is 2. The number of aromatic amines is 1. The van der Waals surface area contributed by atoms with Gasteiger partial charge < -0.3 is 5.11 Å². The summed E-state index contributed by atoms with van der Waals surface area (Å²) in [5.41, 5.74) is -0.130. The van der Waals surface area contributed by atoms with Crippen LogP contribution >= 0.6 is 0 Å². The van der Waals surface area contributed by atoms with Crippen molar-refractivity contribution in [1.29, 1.82) is 0 Å². The lowest BCUT2D eigenvalue weighted by Gasteiger charge is -2.17. The normalized spacial score (nSPS) is 12.3. The van der Waals surface area contributed by atoms with Crippen LogP contribution in [0.4, 0.5) is 0 Å². The minimum Gasteiger partial charge on any atom is -0.494 e. The summed E-state index contributed by atoms with van der Waals surface area (Å²) in [5.74, 6) is -0.277. The monoisotopic (exact) mass is 261 g/mol. The van der Waals surface area contributed by atoms with Crippen LogP contribution < -0.4 is 11.2 Å². The van der Waals surface area contributed by atoms with Gasteiger partial charge in [-0.3, -0.25) is 19.3 Å². The molecule has 0 aliphatic heterocycles. The lowest BCUT2D eigenvalue weighted by atomic mass is 10.1. The Balaban J connectivity index is 2.64. The van der Waals surface area contributed by atoms with Crippen LogP contribution in [0, 0.1) is 0 Å². The summed E-state index contributed by atoms with van der Waals surface area (Å²) < 4.78 is 1.18. The number of H-pyrrole nitrogens is 1. The topological polar surface area (TPSA) is 88.0 Å². The molecule has 1 atom stereocenters. The Bertz CT molecular complexity index is 689. The van der Waals surface area contributed by atoms with Gasteiger partial charge in [-0.2, -0.15) is 0 Å². The fourth-order valence-corrected chi connectivity index (χ4v) is 2.04. The van der Waals surface area contributed by atoms with Crippen LogP contribution in [0.3, 0.4) is 0 Å². The van der Waals surface area contributed by atoms with Crippen LogP contribution in [0.5, 0.6) is 5.88 Å². The molecule has 6 heteroatoms. The minimum absolute atomic E-state index is 0.209. The molecule has 6 nitrogen and oxygen atoms in total. The predicted molar refractivity (Wildman–Crippen MR) is 70.4 cm³/mol. The molecule has 0 bridgehead atoms. The van der Waals surface area contributed by atoms with E-state index in [1.807, 2.05) is 0 Å². The third-order valence-electron chi connectivity index (χ3n) is 3.14. The lowest BCUT2D eigenvalue weighted by molar-refractivity contribution is 0.382. The van der Waals surface area contributed by atoms with Crippen molar-refractivity contribution in [2.24, 2.45) is 0 Å². The van der Waals surface area contributed by atoms with Gasteiger partial charge in [0.1, 0.15) is 0 Å². The number of nitrogens with one attached hydrogen (secondary N) is 1. The third kappa shape index (κ3) is 2.29. The molecule has 0 aliphatic rings. The molecule has 0 radical (unpaired) electrons. The maximum Gasteiger partial charge on any atom is 0.331 e. The quantitative estimate of drug-likeness (QED) is 0.855. The number of rotatable bonds is 3. The molecule has 0 spiro atoms. The van der Waals surface area contributed by atoms with Crippen molar-refractivity contribution in [2.45, 2.75) is 26.3 Å². The summed E-state index contributed by atoms with van der Waals surface area (Å²) in [7, 11) is 0. The molecular formula is C13H15N3O3. The highest BCUT2D eigenvalue weighted by molar-refractivity contribution is 5.26. The fourth-order valence-electron chi connectivity index (χ4n) is 2.04. The molecule has 0 fully saturated rings. The van der Waals surface area contributed by atoms with E-state index in [1.54, 1.807) is 38.4 Å². The second-order valence-electron chi connectivity index (χ2n) is 4.24. The summed E-state index contributed by atoms with van der Waals surface area (Å²) in [5, 5.41) is 10.1. The van der Waals surface area contributed by atoms with E-state index >= 15 is 0 Å². The van der Waals surface area contributed by atoms with Crippen LogP contribution in [-0.2, 0) is 6.42 Å². The van der Waals surface area contributed by atoms with Gasteiger partial charge in [0.2, 0.25) is 5.88 Å². The average Bonchev–Trinajstić information content (AvgIpc) is 2.39. The smallest absolute Gasteiger partial charge is 0.331 e. The lowest BCUT2D eigenvalue weighted by Crippen LogP contribution is -2.34. The molecule has 0 aliphatic carbocycles. The predicted octanol–water partition coefficient (Wildman–Crippen LogP) is 0.809. The molecule has 0 aromatic carbocycles. The zero-order valence-corrected chi connectivity index (χ0v) is 10.8. The molecule has 2 aromatic heterocycles. The summed E-state index contributed by atoms with van der Waals surface area (Å²) in [6, 6.07) is 3.12. The zero-order chi connectivity index (χ0) is 14.0. The zero-order valence-electron chi connectivity index (χ0n) is 10.8. The Labute approximate surface area is 109 Å². The second kappa shape index (κ2) is 5.09. The van der Waals surface area contributed by atoms with Crippen molar-refractivity contribution in [2.75, 3.05) is 0 Å². The summed E-state index contributed by atoms with van der Waals surface area (Å²) >= 11 is 0. The Hall–Kier alpha value is -2.37. The first-order valence-electron chi connectivity index (χ1n) is 6.02. The molecule has 0 amide bonds. The maximum absolute atomic E-state index is 11.9. The van der Waals surface area contributed by atoms with E-state index in [0.717, 1.165) is 5.56 Å². The van der Waals surface area contributed by atoms with E-state index in [1.165, 1.54) is 4.57 Å². The van der Waals surface area contributed by atoms with E-state index in [0.29, 0.717) is 6.42 Å². The van der Waals surface area contributed by atoms with Crippen molar-refractivity contribution in [3.63, 3.8) is 0 Å². The highest BCUT2D eigenvalue weighted by atomic mass is 16.3. The van der Waals surface area contributed by atoms with E-state index in [2.05, 4.69) is 9.97 Å². The van der Waals surface area contributed by atoms with E-state index in [4.69, 9.17) is 0 Å². The highest BCUT2D eigenvalue weighted by Crippen LogP contribution is 2.21. The first-order valence-corrected chi connectivity index (χ1v) is 6.02. The van der Waals surface area contributed by atoms with Gasteiger partial charge in [0, 0.05) is 12.4 Å². The van der Waals surface area contributed by atoms with Gasteiger partial charge in [-0.1, -0.05) is 6.92 Å². The SMILES string of the molecule is CCc1c(O)n(C(C)c2ccncc2)c(=O)[nH]c1=O. The van der Waals surface area contributed by atoms with Crippen LogP contribution in [0.1, 0.15) is 31.0 Å². The largest absolute Gasteiger partial charge is 0.494 e. The Morgan fingerprint density at radius 3 is 2.58 bits per heavy atom. The Kier molecular flexibility index (Phi) is 3.50. The van der Waals surface area contributed by atoms with Crippen molar-refractivity contribution in [3.8, 4) is 5.88 Å². The number of aromatic hydroxyl groups is 1. The molecule has 2 rings (SSSR count). The summed E-state index contributed by atoms with van der Waals surface area (Å²) in [6.45, 7) is 3.52. The molecule has 2 heterocycles. The molecule has 1 unspecified atom stereocenters. The van der Waals surface area contributed by atoms with Gasteiger partial charge in [-0.05, 0) is 31.0 Å². The fraction of sp³-hybridized carbons (Fsp3) is 0.308. The molecule has 0 saturated heterocycles. The minimum atomic E-state index is -0.621. The van der Waals surface area contributed by atoms with Crippen molar-refractivity contribution in [1.82, 2.24) is 14.5 Å². The van der Waals surface area contributed by atoms with Gasteiger partial charge in [0.15, 0.2) is 0 Å². The highest BCUT2D eigenvalue weighted by Gasteiger charge is 2.18. The number of aromatic nitrogens is 3. The molecule has 2 aromatic rings. The van der Waals surface area contributed by atoms with Crippen LogP contribution in [0.25, 0.3) is 0 Å². The molecule has 0 saturated carbocycles. The summed E-state index contributed by atoms with van der Waals surface area (Å²) in [6.07, 6.45) is 3.57. The van der Waals surface area contributed by atoms with E-state index < -0.39 is 17.3 Å². The van der Waals surface area contributed by atoms with Gasteiger partial charge in [-0.25, -0.2) is 4.79 Å². The first kappa shape index (κ1) is 13.1. The summed E-state index contributed by atoms with van der Waals surface area (Å²) in [4.78, 5) is 29.6. The van der Waals surface area contributed by atoms with Crippen LogP contribution in [0.15, 0.2) is 34.1 Å². The van der Waals surface area contributed by atoms with Crippen LogP contribution in [-0.4, -0.2) is 19.6 Å². The number of pyridine rings is 1. The van der Waals surface area contributed by atoms with Crippen molar-refractivity contribution < 1.29 is 5.11 Å². The molecular weight excluding hydrogens is 246 g/mol. The number of hydrogen-bond donors (Lipinski definition) is 2. The number of hydrogen-bond acceptors (Lipinski definition) is 4. The Morgan fingerprint density at radius 1 is 1.37 bits per heavy atom. The standard InChI is InChI=1S/C13H15N3O3/c1-3-10-11(17)15-13(19)16(12(10)18)8(2)9-4-6-14-7-5-9/h4-8,18H,3H2,1-2H3,(H,15,17,19). The molecule has 19 heavy (non-hydrogen) atoms. The first-order chi connectivity index (χ1) is 9.06. The van der Waals surface area contributed by atoms with Crippen molar-refractivity contribution in [3.05, 3.63) is 56.5 Å². The van der Waals surface area contributed by atoms with Gasteiger partial charge in [-0.15, -0.1) is 0 Å². The Morgan fingerprint density at radius 2 is 2.00 bits per heavy atom. The van der Waals surface area contributed by atoms with Gasteiger partial charge in [0.25, 0.3) is 5.56 Å². The average molecular weight is 261 g/mol. The van der Waals surface area contributed by atoms with Gasteiger partial charge in [0.05, 0.1) is 11.6 Å². The molecule has 100 valence electrons. The maximum atomic E-state index is 11.9. The molecule has 2 N–H and O–H groups in total. The third-order valence-corrected chi connectivity index (χ3v) is 3.14. The van der Waals surface area contributed by atoms with E-state index in [9.17, 15) is 14.7 Å². The van der Waals surface area contributed by atoms with Crippen LogP contribution in [0.2, 0.25) is 0 Å². The second-order valence-corrected chi connectivity index (χ2v) is 4.24. The van der Waals surface area contributed by atoms with Gasteiger partial charge >= 0.3 is 5.69 Å².